The topological polar surface area (TPSA) is 42.7 Å². The maximum absolute atomic E-state index is 14.1. The maximum atomic E-state index is 14.1. The van der Waals surface area contributed by atoms with Crippen LogP contribution in [-0.2, 0) is 13.5 Å². The van der Waals surface area contributed by atoms with E-state index in [1.807, 2.05) is 7.05 Å². The van der Waals surface area contributed by atoms with Crippen molar-refractivity contribution in [1.29, 1.82) is 0 Å². The van der Waals surface area contributed by atoms with E-state index in [0.29, 0.717) is 16.6 Å². The first-order valence-electron chi connectivity index (χ1n) is 6.76. The molecule has 4 nitrogen and oxygen atoms in total. The molecule has 114 valence electrons. The van der Waals surface area contributed by atoms with Crippen LogP contribution in [0.2, 0.25) is 5.02 Å². The fourth-order valence-corrected chi connectivity index (χ4v) is 3.02. The van der Waals surface area contributed by atoms with Gasteiger partial charge in [-0.2, -0.15) is 0 Å². The number of aromatic nitrogens is 3. The van der Waals surface area contributed by atoms with E-state index >= 15 is 0 Å². The number of nitrogens with one attached hydrogen (secondary N) is 1. The molecular formula is C14H17BrClFN4. The van der Waals surface area contributed by atoms with Crippen LogP contribution in [0.5, 0.6) is 0 Å². The molecule has 21 heavy (non-hydrogen) atoms. The summed E-state index contributed by atoms with van der Waals surface area (Å²) in [5.41, 5.74) is 1.46. The summed E-state index contributed by atoms with van der Waals surface area (Å²) in [6, 6.07) is 4.97. The van der Waals surface area contributed by atoms with E-state index in [2.05, 4.69) is 38.5 Å². The second kappa shape index (κ2) is 7.33. The van der Waals surface area contributed by atoms with E-state index in [1.54, 1.807) is 22.9 Å². The van der Waals surface area contributed by atoms with E-state index in [9.17, 15) is 4.39 Å². The summed E-state index contributed by atoms with van der Waals surface area (Å²) >= 11 is 9.26. The lowest BCUT2D eigenvalue weighted by Crippen LogP contribution is -2.26. The molecule has 0 radical (unpaired) electrons. The van der Waals surface area contributed by atoms with Gasteiger partial charge in [0.1, 0.15) is 5.82 Å². The number of hydrogen-bond acceptors (Lipinski definition) is 3. The van der Waals surface area contributed by atoms with E-state index in [1.165, 1.54) is 0 Å². The molecule has 2 aromatic rings. The highest BCUT2D eigenvalue weighted by Gasteiger charge is 2.21. The quantitative estimate of drug-likeness (QED) is 0.838. The first kappa shape index (κ1) is 16.4. The van der Waals surface area contributed by atoms with Crippen LogP contribution in [0.4, 0.5) is 4.39 Å². The van der Waals surface area contributed by atoms with Gasteiger partial charge < -0.3 is 5.32 Å². The van der Waals surface area contributed by atoms with Crippen LogP contribution in [0.1, 0.15) is 30.6 Å². The molecule has 0 aliphatic rings. The molecule has 0 bridgehead atoms. The van der Waals surface area contributed by atoms with Crippen molar-refractivity contribution in [1.82, 2.24) is 20.3 Å². The minimum Gasteiger partial charge on any atom is -0.308 e. The Morgan fingerprint density at radius 2 is 2.24 bits per heavy atom. The average molecular weight is 376 g/mol. The molecule has 0 fully saturated rings. The highest BCUT2D eigenvalue weighted by atomic mass is 79.9. The number of nitrogens with zero attached hydrogens (tertiary/aromatic N) is 3. The largest absolute Gasteiger partial charge is 0.308 e. The first-order valence-corrected chi connectivity index (χ1v) is 7.93. The van der Waals surface area contributed by atoms with Crippen molar-refractivity contribution in [3.8, 4) is 0 Å². The van der Waals surface area contributed by atoms with Crippen molar-refractivity contribution < 1.29 is 4.39 Å². The van der Waals surface area contributed by atoms with Crippen molar-refractivity contribution in [2.24, 2.45) is 7.05 Å². The Labute approximate surface area is 136 Å². The zero-order valence-electron chi connectivity index (χ0n) is 11.9. The maximum Gasteiger partial charge on any atom is 0.153 e. The van der Waals surface area contributed by atoms with Crippen LogP contribution in [0.15, 0.2) is 22.8 Å². The predicted octanol–water partition coefficient (Wildman–Crippen LogP) is 3.65. The summed E-state index contributed by atoms with van der Waals surface area (Å²) in [6.45, 7) is 2.91. The minimum absolute atomic E-state index is 0.0905. The summed E-state index contributed by atoms with van der Waals surface area (Å²) < 4.78 is 16.5. The van der Waals surface area contributed by atoms with Crippen LogP contribution in [0.25, 0.3) is 0 Å². The molecule has 0 aliphatic heterocycles. The van der Waals surface area contributed by atoms with Crippen LogP contribution in [-0.4, -0.2) is 21.5 Å². The Morgan fingerprint density at radius 3 is 2.86 bits per heavy atom. The molecule has 1 aromatic carbocycles. The summed E-state index contributed by atoms with van der Waals surface area (Å²) in [7, 11) is 1.82. The second-order valence-electron chi connectivity index (χ2n) is 4.81. The molecule has 0 saturated heterocycles. The van der Waals surface area contributed by atoms with Gasteiger partial charge in [0.05, 0.1) is 16.8 Å². The lowest BCUT2D eigenvalue weighted by atomic mass is 10.0. The van der Waals surface area contributed by atoms with Crippen molar-refractivity contribution >= 4 is 27.5 Å². The Bertz CT molecular complexity index is 598. The Hall–Kier alpha value is -0.980. The van der Waals surface area contributed by atoms with Gasteiger partial charge in [-0.3, -0.25) is 0 Å². The van der Waals surface area contributed by atoms with Crippen LogP contribution >= 0.6 is 27.5 Å². The predicted molar refractivity (Wildman–Crippen MR) is 84.9 cm³/mol. The molecule has 1 unspecified atom stereocenters. The minimum atomic E-state index is -0.367. The highest BCUT2D eigenvalue weighted by molar-refractivity contribution is 9.10. The van der Waals surface area contributed by atoms with Gasteiger partial charge in [-0.05, 0) is 46.9 Å². The van der Waals surface area contributed by atoms with Crippen molar-refractivity contribution in [2.45, 2.75) is 25.8 Å². The molecule has 0 amide bonds. The number of halogens is 3. The normalized spacial score (nSPS) is 12.6. The lowest BCUT2D eigenvalue weighted by molar-refractivity contribution is 0.480. The first-order chi connectivity index (χ1) is 10.0. The molecule has 1 heterocycles. The van der Waals surface area contributed by atoms with Gasteiger partial charge in [-0.25, -0.2) is 9.07 Å². The monoisotopic (exact) mass is 374 g/mol. The zero-order chi connectivity index (χ0) is 15.4. The van der Waals surface area contributed by atoms with E-state index in [0.717, 1.165) is 18.7 Å². The van der Waals surface area contributed by atoms with Gasteiger partial charge in [0, 0.05) is 7.05 Å². The smallest absolute Gasteiger partial charge is 0.153 e. The molecular weight excluding hydrogens is 359 g/mol. The third-order valence-corrected chi connectivity index (χ3v) is 4.11. The Morgan fingerprint density at radius 1 is 1.48 bits per heavy atom. The summed E-state index contributed by atoms with van der Waals surface area (Å²) in [6.07, 6.45) is 1.46. The molecule has 1 aromatic heterocycles. The van der Waals surface area contributed by atoms with Gasteiger partial charge in [-0.1, -0.05) is 35.9 Å². The third kappa shape index (κ3) is 3.81. The Kier molecular flexibility index (Phi) is 5.72. The van der Waals surface area contributed by atoms with Gasteiger partial charge >= 0.3 is 0 Å². The van der Waals surface area contributed by atoms with Crippen LogP contribution in [0.3, 0.4) is 0 Å². The third-order valence-electron chi connectivity index (χ3n) is 3.25. The van der Waals surface area contributed by atoms with Gasteiger partial charge in [-0.15, -0.1) is 5.10 Å². The van der Waals surface area contributed by atoms with E-state index in [-0.39, 0.29) is 16.9 Å². The fraction of sp³-hybridized carbons (Fsp3) is 0.429. The second-order valence-corrected chi connectivity index (χ2v) is 5.97. The van der Waals surface area contributed by atoms with Crippen molar-refractivity contribution in [3.63, 3.8) is 0 Å². The SMILES string of the molecule is CCCNC(Cc1cccc(Cl)c1F)c1c(Br)nnn1C. The number of benzene rings is 1. The summed E-state index contributed by atoms with van der Waals surface area (Å²) in [5, 5.41) is 11.5. The molecule has 1 atom stereocenters. The van der Waals surface area contributed by atoms with Gasteiger partial charge in [0.15, 0.2) is 4.60 Å². The van der Waals surface area contributed by atoms with E-state index < -0.39 is 0 Å². The van der Waals surface area contributed by atoms with Gasteiger partial charge in [0.2, 0.25) is 0 Å². The van der Waals surface area contributed by atoms with E-state index in [4.69, 9.17) is 11.6 Å². The zero-order valence-corrected chi connectivity index (χ0v) is 14.2. The van der Waals surface area contributed by atoms with Gasteiger partial charge in [0.25, 0.3) is 0 Å². The number of hydrogen-bond donors (Lipinski definition) is 1. The standard InChI is InChI=1S/C14H17BrClFN4/c1-3-7-18-11(13-14(15)19-20-21(13)2)8-9-5-4-6-10(16)12(9)17/h4-6,11,18H,3,7-8H2,1-2H3. The summed E-state index contributed by atoms with van der Waals surface area (Å²) in [4.78, 5) is 0. The average Bonchev–Trinajstić information content (AvgIpc) is 2.79. The van der Waals surface area contributed by atoms with Crippen molar-refractivity contribution in [3.05, 3.63) is 44.9 Å². The lowest BCUT2D eigenvalue weighted by Gasteiger charge is -2.19. The molecule has 7 heteroatoms. The molecule has 0 aliphatic carbocycles. The summed E-state index contributed by atoms with van der Waals surface area (Å²) in [5.74, 6) is -0.367. The molecule has 2 rings (SSSR count). The fourth-order valence-electron chi connectivity index (χ4n) is 2.22. The van der Waals surface area contributed by atoms with Crippen LogP contribution < -0.4 is 5.32 Å². The molecule has 1 N–H and O–H groups in total. The Balaban J connectivity index is 2.31. The highest BCUT2D eigenvalue weighted by Crippen LogP contribution is 2.27. The molecule has 0 saturated carbocycles. The van der Waals surface area contributed by atoms with Crippen molar-refractivity contribution in [2.75, 3.05) is 6.54 Å². The molecule has 0 spiro atoms. The number of aryl methyl sites for hydroxylation is 1. The van der Waals surface area contributed by atoms with Crippen LogP contribution in [0, 0.1) is 5.82 Å². The number of rotatable bonds is 6.